The quantitative estimate of drug-likeness (QED) is 0.172. The van der Waals surface area contributed by atoms with Crippen LogP contribution in [0.25, 0.3) is 0 Å². The Labute approximate surface area is 245 Å². The normalized spacial score (nSPS) is 15.5. The van der Waals surface area contributed by atoms with Gasteiger partial charge in [-0.25, -0.2) is 8.78 Å². The lowest BCUT2D eigenvalue weighted by Crippen LogP contribution is -2.47. The minimum Gasteiger partial charge on any atom is -0.318 e. The van der Waals surface area contributed by atoms with Crippen molar-refractivity contribution >= 4 is 35.0 Å². The molecule has 4 rings (SSSR count). The fourth-order valence-electron chi connectivity index (χ4n) is 4.79. The molecule has 1 aliphatic carbocycles. The molecule has 1 aliphatic rings. The molecule has 1 atom stereocenters. The summed E-state index contributed by atoms with van der Waals surface area (Å²) in [6.45, 7) is 4.34. The van der Waals surface area contributed by atoms with Crippen molar-refractivity contribution in [1.29, 1.82) is 0 Å². The van der Waals surface area contributed by atoms with E-state index < -0.39 is 15.9 Å². The molecular weight excluding hydrogens is 551 g/mol. The third-order valence-corrected chi connectivity index (χ3v) is 10.9. The molecule has 1 unspecified atom stereocenters. The van der Waals surface area contributed by atoms with Gasteiger partial charge in [0.1, 0.15) is 4.75 Å². The number of benzene rings is 3. The van der Waals surface area contributed by atoms with E-state index in [1.54, 1.807) is 0 Å². The van der Waals surface area contributed by atoms with E-state index in [2.05, 4.69) is 89.1 Å². The van der Waals surface area contributed by atoms with E-state index in [1.165, 1.54) is 87.3 Å². The summed E-state index contributed by atoms with van der Waals surface area (Å²) in [5.41, 5.74) is 1.54. The summed E-state index contributed by atoms with van der Waals surface area (Å²) in [5.74, 6) is -2.09. The lowest BCUT2D eigenvalue weighted by atomic mass is 9.84. The maximum atomic E-state index is 13.8. The van der Waals surface area contributed by atoms with Crippen molar-refractivity contribution in [3.63, 3.8) is 0 Å². The minimum absolute atomic E-state index is 0.0278. The molecule has 3 aromatic carbocycles. The van der Waals surface area contributed by atoms with E-state index in [1.807, 2.05) is 0 Å². The van der Waals surface area contributed by atoms with E-state index in [9.17, 15) is 8.78 Å². The van der Waals surface area contributed by atoms with Crippen molar-refractivity contribution in [2.45, 2.75) is 89.4 Å². The highest BCUT2D eigenvalue weighted by Crippen LogP contribution is 2.45. The van der Waals surface area contributed by atoms with E-state index >= 15 is 0 Å². The molecule has 39 heavy (non-hydrogen) atoms. The van der Waals surface area contributed by atoms with Gasteiger partial charge in [-0.05, 0) is 81.5 Å². The van der Waals surface area contributed by atoms with Crippen molar-refractivity contribution in [1.82, 2.24) is 0 Å². The first-order valence-corrected chi connectivity index (χ1v) is 16.2. The van der Waals surface area contributed by atoms with Gasteiger partial charge >= 0.3 is 0 Å². The van der Waals surface area contributed by atoms with Gasteiger partial charge in [-0.1, -0.05) is 67.8 Å². The van der Waals surface area contributed by atoms with Gasteiger partial charge in [0.2, 0.25) is 0 Å². The van der Waals surface area contributed by atoms with Gasteiger partial charge in [-0.2, -0.15) is 0 Å². The van der Waals surface area contributed by atoms with Crippen LogP contribution in [0.15, 0.2) is 99.6 Å². The van der Waals surface area contributed by atoms with E-state index in [4.69, 9.17) is 4.18 Å². The average molecular weight is 592 g/mol. The molecule has 0 amide bonds. The van der Waals surface area contributed by atoms with Crippen LogP contribution < -0.4 is 0 Å². The number of hydrogen-bond acceptors (Lipinski definition) is 4. The second-order valence-electron chi connectivity index (χ2n) is 10.1. The van der Waals surface area contributed by atoms with Crippen LogP contribution in [-0.2, 0) is 19.3 Å². The second kappa shape index (κ2) is 15.5. The summed E-state index contributed by atoms with van der Waals surface area (Å²) in [6.07, 6.45) is 6.93. The molecular formula is C32H41F2O2S3+. The molecule has 0 saturated heterocycles. The largest absolute Gasteiger partial charge is 0.318 e. The fourth-order valence-corrected chi connectivity index (χ4v) is 8.36. The Kier molecular flexibility index (Phi) is 12.7. The van der Waals surface area contributed by atoms with Gasteiger partial charge in [0.25, 0.3) is 5.92 Å². The zero-order valence-corrected chi connectivity index (χ0v) is 26.0. The Bertz CT molecular complexity index is 1050. The second-order valence-corrected chi connectivity index (χ2v) is 14.9. The standard InChI is InChI=1S/C24H25S.C8H16F2O2S2/c1-4-10-20(11-5-1)21-16-18-24(19-17-21)25(22-12-6-2-7-13-22)23-14-8-3-9-15-23;1-6(13-11-4)8(9,10)7(2,3)14-12-5/h2-3,6-9,12-20H,1,4-5,10-11H2;6H,1-5H3/q+1;. The van der Waals surface area contributed by atoms with Gasteiger partial charge in [0.15, 0.2) is 14.7 Å². The molecule has 1 fully saturated rings. The Morgan fingerprint density at radius 2 is 1.23 bits per heavy atom. The molecule has 7 heteroatoms. The number of alkyl halides is 2. The Hall–Kier alpha value is -1.51. The third-order valence-electron chi connectivity index (χ3n) is 7.00. The number of rotatable bonds is 10. The Morgan fingerprint density at radius 1 is 0.744 bits per heavy atom. The molecule has 0 radical (unpaired) electrons. The highest BCUT2D eigenvalue weighted by molar-refractivity contribution is 7.97. The monoisotopic (exact) mass is 591 g/mol. The SMILES string of the molecule is COSC(C)C(F)(F)C(C)(C)SOC.c1ccc([S+](c2ccccc2)c2ccc(C3CCCCC3)cc2)cc1. The molecule has 2 nitrogen and oxygen atoms in total. The van der Waals surface area contributed by atoms with Crippen molar-refractivity contribution in [3.05, 3.63) is 90.5 Å². The highest BCUT2D eigenvalue weighted by atomic mass is 32.2. The maximum Gasteiger partial charge on any atom is 0.277 e. The molecule has 0 N–H and O–H groups in total. The molecule has 0 aliphatic heterocycles. The molecule has 0 aromatic heterocycles. The number of halogens is 2. The summed E-state index contributed by atoms with van der Waals surface area (Å²) < 4.78 is 35.6. The Balaban J connectivity index is 0.000000258. The van der Waals surface area contributed by atoms with Crippen LogP contribution in [-0.4, -0.2) is 30.1 Å². The van der Waals surface area contributed by atoms with Crippen LogP contribution in [0.2, 0.25) is 0 Å². The summed E-state index contributed by atoms with van der Waals surface area (Å²) in [5, 5.41) is -0.912. The first-order chi connectivity index (χ1) is 18.7. The minimum atomic E-state index is -2.87. The molecule has 3 aromatic rings. The third kappa shape index (κ3) is 8.74. The van der Waals surface area contributed by atoms with Crippen LogP contribution in [0.1, 0.15) is 64.4 Å². The van der Waals surface area contributed by atoms with E-state index in [-0.39, 0.29) is 10.9 Å². The average Bonchev–Trinajstić information content (AvgIpc) is 2.96. The molecule has 1 saturated carbocycles. The van der Waals surface area contributed by atoms with Crippen LogP contribution in [0.3, 0.4) is 0 Å². The van der Waals surface area contributed by atoms with E-state index in [0.29, 0.717) is 0 Å². The van der Waals surface area contributed by atoms with Gasteiger partial charge in [0, 0.05) is 24.1 Å². The van der Waals surface area contributed by atoms with Gasteiger partial charge in [-0.15, -0.1) is 0 Å². The molecule has 212 valence electrons. The van der Waals surface area contributed by atoms with Gasteiger partial charge in [0.05, 0.1) is 30.4 Å². The van der Waals surface area contributed by atoms with Crippen LogP contribution in [0.4, 0.5) is 8.78 Å². The lowest BCUT2D eigenvalue weighted by Gasteiger charge is -2.35. The summed E-state index contributed by atoms with van der Waals surface area (Å²) in [6, 6.07) is 31.3. The Morgan fingerprint density at radius 3 is 1.69 bits per heavy atom. The smallest absolute Gasteiger partial charge is 0.277 e. The zero-order chi connectivity index (χ0) is 28.3. The highest BCUT2D eigenvalue weighted by Gasteiger charge is 2.52. The molecule has 0 spiro atoms. The van der Waals surface area contributed by atoms with Crippen LogP contribution in [0.5, 0.6) is 0 Å². The fraction of sp³-hybridized carbons (Fsp3) is 0.438. The van der Waals surface area contributed by atoms with Gasteiger partial charge in [-0.3, -0.25) is 0 Å². The first kappa shape index (κ1) is 32.0. The summed E-state index contributed by atoms with van der Waals surface area (Å²) in [7, 11) is 2.74. The van der Waals surface area contributed by atoms with Crippen molar-refractivity contribution in [2.24, 2.45) is 0 Å². The molecule has 0 bridgehead atoms. The summed E-state index contributed by atoms with van der Waals surface area (Å²) >= 11 is 1.55. The number of hydrogen-bond donors (Lipinski definition) is 0. The van der Waals surface area contributed by atoms with Crippen LogP contribution >= 0.6 is 24.1 Å². The van der Waals surface area contributed by atoms with Crippen molar-refractivity contribution < 1.29 is 17.1 Å². The van der Waals surface area contributed by atoms with Crippen molar-refractivity contribution in [2.75, 3.05) is 14.2 Å². The van der Waals surface area contributed by atoms with Gasteiger partial charge < -0.3 is 8.37 Å². The molecule has 0 heterocycles. The predicted octanol–water partition coefficient (Wildman–Crippen LogP) is 10.2. The maximum absolute atomic E-state index is 13.8. The van der Waals surface area contributed by atoms with Crippen molar-refractivity contribution in [3.8, 4) is 0 Å². The predicted molar refractivity (Wildman–Crippen MR) is 165 cm³/mol. The van der Waals surface area contributed by atoms with E-state index in [0.717, 1.165) is 30.0 Å². The zero-order valence-electron chi connectivity index (χ0n) is 23.6. The van der Waals surface area contributed by atoms with Crippen LogP contribution in [0, 0.1) is 0 Å². The lowest BCUT2D eigenvalue weighted by molar-refractivity contribution is -0.0290. The topological polar surface area (TPSA) is 18.5 Å². The first-order valence-electron chi connectivity index (χ1n) is 13.4. The summed E-state index contributed by atoms with van der Waals surface area (Å²) in [4.78, 5) is 4.19.